The fourth-order valence-corrected chi connectivity index (χ4v) is 3.05. The van der Waals surface area contributed by atoms with E-state index in [1.807, 2.05) is 6.07 Å². The molecule has 1 aliphatic carbocycles. The van der Waals surface area contributed by atoms with Crippen LogP contribution in [0.2, 0.25) is 0 Å². The molecule has 1 aromatic rings. The summed E-state index contributed by atoms with van der Waals surface area (Å²) < 4.78 is 0. The Morgan fingerprint density at radius 1 is 1.44 bits per heavy atom. The number of rotatable bonds is 4. The average molecular weight is 262 g/mol. The predicted molar refractivity (Wildman–Crippen MR) is 82.1 cm³/mol. The molecule has 1 aromatic carbocycles. The molecule has 2 atom stereocenters. The van der Waals surface area contributed by atoms with Gasteiger partial charge in [0.15, 0.2) is 0 Å². The quantitative estimate of drug-likeness (QED) is 0.816. The Bertz CT molecular complexity index is 442. The van der Waals surface area contributed by atoms with Crippen LogP contribution in [0.25, 0.3) is 0 Å². The Morgan fingerprint density at radius 2 is 2.22 bits per heavy atom. The summed E-state index contributed by atoms with van der Waals surface area (Å²) in [5, 5.41) is 3.53. The Balaban J connectivity index is 1.94. The third kappa shape index (κ3) is 3.22. The van der Waals surface area contributed by atoms with Gasteiger partial charge in [-0.2, -0.15) is 0 Å². The zero-order valence-corrected chi connectivity index (χ0v) is 12.0. The van der Waals surface area contributed by atoms with Gasteiger partial charge < -0.3 is 11.1 Å². The van der Waals surface area contributed by atoms with Gasteiger partial charge in [0.1, 0.15) is 4.99 Å². The lowest BCUT2D eigenvalue weighted by Crippen LogP contribution is -2.13. The minimum absolute atomic E-state index is 0.476. The van der Waals surface area contributed by atoms with E-state index in [4.69, 9.17) is 18.0 Å². The second-order valence-electron chi connectivity index (χ2n) is 5.56. The lowest BCUT2D eigenvalue weighted by molar-refractivity contribution is 0.537. The zero-order chi connectivity index (χ0) is 13.1. The number of nitrogens with one attached hydrogen (secondary N) is 1. The van der Waals surface area contributed by atoms with Crippen molar-refractivity contribution in [3.63, 3.8) is 0 Å². The molecule has 1 fully saturated rings. The van der Waals surface area contributed by atoms with Crippen molar-refractivity contribution < 1.29 is 0 Å². The van der Waals surface area contributed by atoms with Gasteiger partial charge in [0.25, 0.3) is 0 Å². The number of nitrogens with two attached hydrogens (primary N) is 1. The van der Waals surface area contributed by atoms with Crippen LogP contribution < -0.4 is 11.1 Å². The van der Waals surface area contributed by atoms with Crippen molar-refractivity contribution in [1.29, 1.82) is 0 Å². The molecular weight excluding hydrogens is 240 g/mol. The van der Waals surface area contributed by atoms with Gasteiger partial charge in [-0.15, -0.1) is 0 Å². The molecule has 2 unspecified atom stereocenters. The van der Waals surface area contributed by atoms with Crippen molar-refractivity contribution in [2.45, 2.75) is 33.1 Å². The van der Waals surface area contributed by atoms with Gasteiger partial charge in [-0.1, -0.05) is 25.6 Å². The topological polar surface area (TPSA) is 38.0 Å². The summed E-state index contributed by atoms with van der Waals surface area (Å²) in [5.41, 5.74) is 8.96. The highest BCUT2D eigenvalue weighted by Crippen LogP contribution is 2.30. The van der Waals surface area contributed by atoms with E-state index in [9.17, 15) is 0 Å². The Kier molecular flexibility index (Phi) is 4.23. The lowest BCUT2D eigenvalue weighted by Gasteiger charge is -2.14. The minimum atomic E-state index is 0.476. The SMILES string of the molecule is Cc1cc(NCC2CCC(C)C2)ccc1C(N)=S. The normalized spacial score (nSPS) is 23.0. The first-order chi connectivity index (χ1) is 8.56. The summed E-state index contributed by atoms with van der Waals surface area (Å²) in [6, 6.07) is 6.21. The van der Waals surface area contributed by atoms with Gasteiger partial charge >= 0.3 is 0 Å². The highest BCUT2D eigenvalue weighted by molar-refractivity contribution is 7.80. The number of anilines is 1. The van der Waals surface area contributed by atoms with Gasteiger partial charge in [-0.3, -0.25) is 0 Å². The van der Waals surface area contributed by atoms with Crippen molar-refractivity contribution in [1.82, 2.24) is 0 Å². The fraction of sp³-hybridized carbons (Fsp3) is 0.533. The molecule has 1 aliphatic rings. The molecule has 3 N–H and O–H groups in total. The van der Waals surface area contributed by atoms with Crippen LogP contribution >= 0.6 is 12.2 Å². The second kappa shape index (κ2) is 5.70. The second-order valence-corrected chi connectivity index (χ2v) is 6.00. The maximum absolute atomic E-state index is 5.66. The summed E-state index contributed by atoms with van der Waals surface area (Å²) in [6.07, 6.45) is 4.10. The minimum Gasteiger partial charge on any atom is -0.389 e. The standard InChI is InChI=1S/C15H22N2S/c1-10-3-4-12(7-10)9-17-13-5-6-14(15(16)18)11(2)8-13/h5-6,8,10,12,17H,3-4,7,9H2,1-2H3,(H2,16,18). The first-order valence-electron chi connectivity index (χ1n) is 6.70. The van der Waals surface area contributed by atoms with E-state index in [2.05, 4.69) is 31.3 Å². The van der Waals surface area contributed by atoms with E-state index in [0.717, 1.165) is 29.5 Å². The monoisotopic (exact) mass is 262 g/mol. The number of aryl methyl sites for hydroxylation is 1. The molecule has 0 aliphatic heterocycles. The Hall–Kier alpha value is -1.09. The molecule has 0 heterocycles. The number of hydrogen-bond acceptors (Lipinski definition) is 2. The molecule has 0 amide bonds. The van der Waals surface area contributed by atoms with Gasteiger partial charge in [0.2, 0.25) is 0 Å². The number of benzene rings is 1. The van der Waals surface area contributed by atoms with Gasteiger partial charge in [-0.25, -0.2) is 0 Å². The third-order valence-corrected chi connectivity index (χ3v) is 4.11. The van der Waals surface area contributed by atoms with Gasteiger partial charge in [0.05, 0.1) is 0 Å². The molecular formula is C15H22N2S. The molecule has 0 spiro atoms. The molecule has 0 bridgehead atoms. The lowest BCUT2D eigenvalue weighted by atomic mass is 10.1. The molecule has 2 nitrogen and oxygen atoms in total. The van der Waals surface area contributed by atoms with Crippen LogP contribution in [0.4, 0.5) is 5.69 Å². The van der Waals surface area contributed by atoms with Gasteiger partial charge in [0, 0.05) is 17.8 Å². The maximum atomic E-state index is 5.66. The molecule has 0 saturated heterocycles. The van der Waals surface area contributed by atoms with Crippen LogP contribution in [0, 0.1) is 18.8 Å². The van der Waals surface area contributed by atoms with E-state index in [0.29, 0.717) is 4.99 Å². The predicted octanol–water partition coefficient (Wildman–Crippen LogP) is 3.48. The molecule has 0 aromatic heterocycles. The molecule has 1 saturated carbocycles. The molecule has 18 heavy (non-hydrogen) atoms. The largest absolute Gasteiger partial charge is 0.389 e. The Morgan fingerprint density at radius 3 is 2.78 bits per heavy atom. The van der Waals surface area contributed by atoms with Crippen LogP contribution in [-0.2, 0) is 0 Å². The summed E-state index contributed by atoms with van der Waals surface area (Å²) >= 11 is 5.02. The summed E-state index contributed by atoms with van der Waals surface area (Å²) in [5.74, 6) is 1.73. The van der Waals surface area contributed by atoms with E-state index >= 15 is 0 Å². The van der Waals surface area contributed by atoms with Crippen LogP contribution in [0.15, 0.2) is 18.2 Å². The smallest absolute Gasteiger partial charge is 0.104 e. The van der Waals surface area contributed by atoms with Crippen molar-refractivity contribution >= 4 is 22.9 Å². The highest BCUT2D eigenvalue weighted by atomic mass is 32.1. The first-order valence-corrected chi connectivity index (χ1v) is 7.11. The average Bonchev–Trinajstić information content (AvgIpc) is 2.72. The number of thiocarbonyl (C=S) groups is 1. The van der Waals surface area contributed by atoms with Crippen molar-refractivity contribution in [2.24, 2.45) is 17.6 Å². The van der Waals surface area contributed by atoms with Crippen molar-refractivity contribution in [2.75, 3.05) is 11.9 Å². The number of hydrogen-bond donors (Lipinski definition) is 2. The Labute approximate surface area is 115 Å². The van der Waals surface area contributed by atoms with Crippen LogP contribution in [0.1, 0.15) is 37.3 Å². The van der Waals surface area contributed by atoms with E-state index in [1.54, 1.807) is 0 Å². The van der Waals surface area contributed by atoms with Crippen molar-refractivity contribution in [3.05, 3.63) is 29.3 Å². The summed E-state index contributed by atoms with van der Waals surface area (Å²) in [4.78, 5) is 0.476. The van der Waals surface area contributed by atoms with Crippen LogP contribution in [0.3, 0.4) is 0 Å². The van der Waals surface area contributed by atoms with Crippen LogP contribution in [-0.4, -0.2) is 11.5 Å². The van der Waals surface area contributed by atoms with Crippen LogP contribution in [0.5, 0.6) is 0 Å². The molecule has 98 valence electrons. The fourth-order valence-electron chi connectivity index (χ4n) is 2.82. The molecule has 0 radical (unpaired) electrons. The maximum Gasteiger partial charge on any atom is 0.104 e. The third-order valence-electron chi connectivity index (χ3n) is 3.89. The van der Waals surface area contributed by atoms with Gasteiger partial charge in [-0.05, 0) is 55.4 Å². The van der Waals surface area contributed by atoms with E-state index in [-0.39, 0.29) is 0 Å². The van der Waals surface area contributed by atoms with E-state index in [1.165, 1.54) is 24.9 Å². The summed E-state index contributed by atoms with van der Waals surface area (Å²) in [6.45, 7) is 5.48. The van der Waals surface area contributed by atoms with Crippen molar-refractivity contribution in [3.8, 4) is 0 Å². The molecule has 3 heteroatoms. The van der Waals surface area contributed by atoms with E-state index < -0.39 is 0 Å². The highest BCUT2D eigenvalue weighted by Gasteiger charge is 2.20. The molecule has 2 rings (SSSR count). The zero-order valence-electron chi connectivity index (χ0n) is 11.2. The first kappa shape index (κ1) is 13.3. The summed E-state index contributed by atoms with van der Waals surface area (Å²) in [7, 11) is 0.